The fourth-order valence-corrected chi connectivity index (χ4v) is 1.38. The van der Waals surface area contributed by atoms with Gasteiger partial charge in [0.2, 0.25) is 0 Å². The fraction of sp³-hybridized carbons (Fsp3) is 0.375. The third-order valence-corrected chi connectivity index (χ3v) is 2.37. The van der Waals surface area contributed by atoms with E-state index in [1.165, 1.54) is 14.0 Å². The average molecular weight is 257 g/mol. The SMILES string of the molecule is CC(C(=O)NN)n1c(=O)c([N+](=O)[O-])cn(C)c1=O. The third kappa shape index (κ3) is 2.13. The predicted octanol–water partition coefficient (Wildman–Crippen LogP) is -1.99. The molecule has 0 radical (unpaired) electrons. The van der Waals surface area contributed by atoms with Crippen molar-refractivity contribution in [2.45, 2.75) is 13.0 Å². The Bertz CT molecular complexity index is 615. The first kappa shape index (κ1) is 13.6. The number of nitrogens with zero attached hydrogens (tertiary/aromatic N) is 3. The van der Waals surface area contributed by atoms with Crippen LogP contribution in [-0.2, 0) is 11.8 Å². The topological polar surface area (TPSA) is 142 Å². The van der Waals surface area contributed by atoms with Crippen molar-refractivity contribution in [3.63, 3.8) is 0 Å². The number of nitrogens with two attached hydrogens (primary N) is 1. The van der Waals surface area contributed by atoms with Crippen molar-refractivity contribution >= 4 is 11.6 Å². The second-order valence-corrected chi connectivity index (χ2v) is 3.52. The molecule has 1 rings (SSSR count). The summed E-state index contributed by atoms with van der Waals surface area (Å²) < 4.78 is 1.32. The van der Waals surface area contributed by atoms with E-state index in [1.54, 1.807) is 5.43 Å². The van der Waals surface area contributed by atoms with E-state index in [1.807, 2.05) is 0 Å². The Morgan fingerprint density at radius 1 is 1.56 bits per heavy atom. The van der Waals surface area contributed by atoms with Crippen LogP contribution in [0, 0.1) is 10.1 Å². The van der Waals surface area contributed by atoms with E-state index in [-0.39, 0.29) is 0 Å². The van der Waals surface area contributed by atoms with Crippen molar-refractivity contribution in [3.05, 3.63) is 37.1 Å². The molecule has 0 aromatic carbocycles. The van der Waals surface area contributed by atoms with Gasteiger partial charge in [-0.15, -0.1) is 0 Å². The van der Waals surface area contributed by atoms with E-state index < -0.39 is 33.8 Å². The molecule has 3 N–H and O–H groups in total. The molecule has 0 saturated carbocycles. The molecule has 1 atom stereocenters. The fourth-order valence-electron chi connectivity index (χ4n) is 1.38. The summed E-state index contributed by atoms with van der Waals surface area (Å²) in [4.78, 5) is 44.5. The number of hydrogen-bond acceptors (Lipinski definition) is 6. The molecule has 0 aliphatic heterocycles. The number of nitro groups is 1. The molecule has 0 aliphatic rings. The summed E-state index contributed by atoms with van der Waals surface area (Å²) in [6.45, 7) is 1.23. The van der Waals surface area contributed by atoms with Gasteiger partial charge >= 0.3 is 16.9 Å². The molecule has 1 amide bonds. The van der Waals surface area contributed by atoms with Crippen LogP contribution in [0.25, 0.3) is 0 Å². The maximum absolute atomic E-state index is 11.7. The van der Waals surface area contributed by atoms with Crippen molar-refractivity contribution < 1.29 is 9.72 Å². The van der Waals surface area contributed by atoms with E-state index in [4.69, 9.17) is 5.84 Å². The summed E-state index contributed by atoms with van der Waals surface area (Å²) in [6, 6.07) is -1.25. The van der Waals surface area contributed by atoms with E-state index in [0.29, 0.717) is 4.57 Å². The maximum atomic E-state index is 11.7. The number of nitrogens with one attached hydrogen (secondary N) is 1. The molecule has 0 bridgehead atoms. The largest absolute Gasteiger partial charge is 0.350 e. The van der Waals surface area contributed by atoms with E-state index in [0.717, 1.165) is 10.8 Å². The molecular weight excluding hydrogens is 246 g/mol. The monoisotopic (exact) mass is 257 g/mol. The number of aromatic nitrogens is 2. The highest BCUT2D eigenvalue weighted by Gasteiger charge is 2.25. The normalized spacial score (nSPS) is 11.9. The van der Waals surface area contributed by atoms with E-state index in [9.17, 15) is 24.5 Å². The minimum atomic E-state index is -1.25. The Balaban J connectivity index is 3.63. The summed E-state index contributed by atoms with van der Waals surface area (Å²) >= 11 is 0. The van der Waals surface area contributed by atoms with Gasteiger partial charge in [-0.25, -0.2) is 15.2 Å². The van der Waals surface area contributed by atoms with Crippen molar-refractivity contribution in [2.75, 3.05) is 0 Å². The first-order valence-electron chi connectivity index (χ1n) is 4.78. The smallest absolute Gasteiger partial charge is 0.297 e. The standard InChI is InChI=1S/C8H11N5O5/c1-4(6(14)10-9)12-7(15)5(13(17)18)3-11(2)8(12)16/h3-4H,9H2,1-2H3,(H,10,14). The number of carbonyl (C=O) groups is 1. The Kier molecular flexibility index (Phi) is 3.61. The molecule has 0 aliphatic carbocycles. The van der Waals surface area contributed by atoms with Crippen molar-refractivity contribution in [1.29, 1.82) is 0 Å². The molecule has 0 fully saturated rings. The highest BCUT2D eigenvalue weighted by Crippen LogP contribution is 2.04. The minimum absolute atomic E-state index is 0.473. The van der Waals surface area contributed by atoms with Crippen molar-refractivity contribution in [1.82, 2.24) is 14.6 Å². The number of hydrogen-bond donors (Lipinski definition) is 2. The average Bonchev–Trinajstić information content (AvgIpc) is 2.32. The number of amides is 1. The van der Waals surface area contributed by atoms with Gasteiger partial charge in [0.15, 0.2) is 0 Å². The van der Waals surface area contributed by atoms with Gasteiger partial charge in [-0.1, -0.05) is 0 Å². The summed E-state index contributed by atoms with van der Waals surface area (Å²) in [5.74, 6) is 4.08. The molecule has 10 nitrogen and oxygen atoms in total. The molecule has 0 spiro atoms. The second-order valence-electron chi connectivity index (χ2n) is 3.52. The first-order chi connectivity index (χ1) is 8.31. The molecule has 98 valence electrons. The zero-order chi connectivity index (χ0) is 14.0. The highest BCUT2D eigenvalue weighted by atomic mass is 16.6. The van der Waals surface area contributed by atoms with E-state index in [2.05, 4.69) is 0 Å². The van der Waals surface area contributed by atoms with Gasteiger partial charge in [0.25, 0.3) is 5.91 Å². The van der Waals surface area contributed by atoms with Crippen LogP contribution in [0.15, 0.2) is 15.8 Å². The summed E-state index contributed by atoms with van der Waals surface area (Å²) in [7, 11) is 1.23. The van der Waals surface area contributed by atoms with Gasteiger partial charge in [0.1, 0.15) is 6.04 Å². The summed E-state index contributed by atoms with van der Waals surface area (Å²) in [5.41, 5.74) is -1.03. The van der Waals surface area contributed by atoms with Crippen LogP contribution in [0.1, 0.15) is 13.0 Å². The number of rotatable bonds is 3. The quantitative estimate of drug-likeness (QED) is 0.277. The molecule has 1 aromatic heterocycles. The minimum Gasteiger partial charge on any atom is -0.297 e. The Hall–Kier alpha value is -2.49. The van der Waals surface area contributed by atoms with Crippen LogP contribution in [0.5, 0.6) is 0 Å². The lowest BCUT2D eigenvalue weighted by atomic mass is 10.3. The van der Waals surface area contributed by atoms with Crippen molar-refractivity contribution in [3.8, 4) is 0 Å². The Morgan fingerprint density at radius 3 is 2.56 bits per heavy atom. The van der Waals surface area contributed by atoms with Gasteiger partial charge in [-0.2, -0.15) is 0 Å². The summed E-state index contributed by atoms with van der Waals surface area (Å²) in [6.07, 6.45) is 0.800. The highest BCUT2D eigenvalue weighted by molar-refractivity contribution is 5.79. The molecule has 1 heterocycles. The lowest BCUT2D eigenvalue weighted by Gasteiger charge is -2.12. The Morgan fingerprint density at radius 2 is 2.11 bits per heavy atom. The van der Waals surface area contributed by atoms with Gasteiger partial charge in [-0.05, 0) is 6.92 Å². The molecule has 1 unspecified atom stereocenters. The summed E-state index contributed by atoms with van der Waals surface area (Å²) in [5, 5.41) is 10.7. The second kappa shape index (κ2) is 4.79. The van der Waals surface area contributed by atoms with Crippen LogP contribution >= 0.6 is 0 Å². The van der Waals surface area contributed by atoms with Crippen LogP contribution < -0.4 is 22.5 Å². The number of carbonyl (C=O) groups excluding carboxylic acids is 1. The molecular formula is C8H11N5O5. The lowest BCUT2D eigenvalue weighted by Crippen LogP contribution is -2.47. The van der Waals surface area contributed by atoms with Crippen LogP contribution in [0.3, 0.4) is 0 Å². The number of hydrazine groups is 1. The van der Waals surface area contributed by atoms with Gasteiger partial charge in [0, 0.05) is 7.05 Å². The first-order valence-corrected chi connectivity index (χ1v) is 4.78. The van der Waals surface area contributed by atoms with Gasteiger partial charge in [0.05, 0.1) is 11.1 Å². The van der Waals surface area contributed by atoms with Gasteiger partial charge < -0.3 is 0 Å². The molecule has 0 saturated heterocycles. The van der Waals surface area contributed by atoms with Crippen LogP contribution in [0.2, 0.25) is 0 Å². The zero-order valence-electron chi connectivity index (χ0n) is 9.61. The Labute approximate surface area is 99.7 Å². The van der Waals surface area contributed by atoms with Crippen molar-refractivity contribution in [2.24, 2.45) is 12.9 Å². The zero-order valence-corrected chi connectivity index (χ0v) is 9.61. The molecule has 18 heavy (non-hydrogen) atoms. The molecule has 1 aromatic rings. The van der Waals surface area contributed by atoms with Gasteiger partial charge in [-0.3, -0.25) is 29.7 Å². The number of aryl methyl sites for hydroxylation is 1. The maximum Gasteiger partial charge on any atom is 0.350 e. The van der Waals surface area contributed by atoms with E-state index >= 15 is 0 Å². The molecule has 10 heteroatoms. The third-order valence-electron chi connectivity index (χ3n) is 2.37. The van der Waals surface area contributed by atoms with Crippen LogP contribution in [-0.4, -0.2) is 20.0 Å². The lowest BCUT2D eigenvalue weighted by molar-refractivity contribution is -0.387. The predicted molar refractivity (Wildman–Crippen MR) is 59.6 cm³/mol. The van der Waals surface area contributed by atoms with Crippen LogP contribution in [0.4, 0.5) is 5.69 Å².